The van der Waals surface area contributed by atoms with Crippen LogP contribution in [-0.4, -0.2) is 29.7 Å². The predicted octanol–water partition coefficient (Wildman–Crippen LogP) is 2.42. The fourth-order valence-electron chi connectivity index (χ4n) is 2.42. The Morgan fingerprint density at radius 2 is 2.15 bits per heavy atom. The molecule has 0 spiro atoms. The molecule has 3 aromatic rings. The molecule has 0 aliphatic heterocycles. The zero-order valence-corrected chi connectivity index (χ0v) is 11.9. The first kappa shape index (κ1) is 12.7. The quantitative estimate of drug-likeness (QED) is 0.764. The average molecular weight is 270 g/mol. The van der Waals surface area contributed by atoms with Crippen molar-refractivity contribution in [2.24, 2.45) is 0 Å². The third-order valence-corrected chi connectivity index (χ3v) is 3.45. The van der Waals surface area contributed by atoms with Crippen LogP contribution in [0.15, 0.2) is 24.8 Å². The highest BCUT2D eigenvalue weighted by atomic mass is 15.1. The highest BCUT2D eigenvalue weighted by molar-refractivity contribution is 5.53. The van der Waals surface area contributed by atoms with E-state index in [1.807, 2.05) is 26.2 Å². The van der Waals surface area contributed by atoms with E-state index in [4.69, 9.17) is 0 Å². The molecule has 0 aromatic carbocycles. The minimum Gasteiger partial charge on any atom is -0.348 e. The number of H-pyrrole nitrogens is 2. The zero-order chi connectivity index (χ0) is 14.1. The Labute approximate surface area is 117 Å². The molecule has 0 aliphatic carbocycles. The van der Waals surface area contributed by atoms with Gasteiger partial charge >= 0.3 is 0 Å². The molecule has 0 aliphatic rings. The second-order valence-corrected chi connectivity index (χ2v) is 5.13. The molecule has 3 heterocycles. The summed E-state index contributed by atoms with van der Waals surface area (Å²) in [7, 11) is 0. The summed E-state index contributed by atoms with van der Waals surface area (Å²) in [6, 6.07) is 2.35. The molecule has 104 valence electrons. The highest BCUT2D eigenvalue weighted by Crippen LogP contribution is 2.23. The van der Waals surface area contributed by atoms with Crippen molar-refractivity contribution in [3.8, 4) is 11.5 Å². The molecule has 0 radical (unpaired) electrons. The standard InChI is InChI=1S/C14H18N6/c1-9-6-12(19-18-9)7-10(2)20-5-4-15-14(20)13-11(3)16-8-17-13/h4-6,8,10H,7H2,1-3H3,(H,16,17)(H,18,19). The Morgan fingerprint density at radius 1 is 1.30 bits per heavy atom. The molecule has 3 aromatic heterocycles. The van der Waals surface area contributed by atoms with Gasteiger partial charge in [0.05, 0.1) is 12.0 Å². The molecule has 6 heteroatoms. The van der Waals surface area contributed by atoms with Gasteiger partial charge in [-0.05, 0) is 26.8 Å². The number of aromatic amines is 2. The number of nitrogens with one attached hydrogen (secondary N) is 2. The molecule has 3 rings (SSSR count). The maximum absolute atomic E-state index is 4.44. The van der Waals surface area contributed by atoms with Gasteiger partial charge in [-0.25, -0.2) is 9.97 Å². The summed E-state index contributed by atoms with van der Waals surface area (Å²) in [6.07, 6.45) is 6.37. The largest absolute Gasteiger partial charge is 0.348 e. The summed E-state index contributed by atoms with van der Waals surface area (Å²) in [6.45, 7) is 6.18. The first-order chi connectivity index (χ1) is 9.65. The number of aromatic nitrogens is 6. The molecule has 0 fully saturated rings. The lowest BCUT2D eigenvalue weighted by Crippen LogP contribution is -2.09. The van der Waals surface area contributed by atoms with Crippen molar-refractivity contribution in [2.75, 3.05) is 0 Å². The topological polar surface area (TPSA) is 75.2 Å². The summed E-state index contributed by atoms with van der Waals surface area (Å²) in [4.78, 5) is 11.9. The third-order valence-electron chi connectivity index (χ3n) is 3.45. The van der Waals surface area contributed by atoms with Gasteiger partial charge in [-0.15, -0.1) is 0 Å². The van der Waals surface area contributed by atoms with E-state index < -0.39 is 0 Å². The van der Waals surface area contributed by atoms with Crippen LogP contribution in [0.4, 0.5) is 0 Å². The SMILES string of the molecule is Cc1cc(CC(C)n2ccnc2-c2nc[nH]c2C)n[nH]1. The summed E-state index contributed by atoms with van der Waals surface area (Å²) in [5.41, 5.74) is 4.08. The van der Waals surface area contributed by atoms with E-state index >= 15 is 0 Å². The van der Waals surface area contributed by atoms with Crippen molar-refractivity contribution in [1.29, 1.82) is 0 Å². The molecule has 0 saturated carbocycles. The molecule has 20 heavy (non-hydrogen) atoms. The van der Waals surface area contributed by atoms with Crippen LogP contribution in [0, 0.1) is 13.8 Å². The number of imidazole rings is 2. The van der Waals surface area contributed by atoms with Crippen molar-refractivity contribution >= 4 is 0 Å². The molecular weight excluding hydrogens is 252 g/mol. The predicted molar refractivity (Wildman–Crippen MR) is 76.3 cm³/mol. The van der Waals surface area contributed by atoms with Crippen LogP contribution in [0.5, 0.6) is 0 Å². The van der Waals surface area contributed by atoms with Gasteiger partial charge in [-0.3, -0.25) is 5.10 Å². The van der Waals surface area contributed by atoms with Crippen molar-refractivity contribution in [3.05, 3.63) is 41.9 Å². The van der Waals surface area contributed by atoms with Gasteiger partial charge in [0.1, 0.15) is 5.69 Å². The second kappa shape index (κ2) is 4.96. The normalized spacial score (nSPS) is 12.8. The van der Waals surface area contributed by atoms with Gasteiger partial charge in [0.15, 0.2) is 5.82 Å². The van der Waals surface area contributed by atoms with E-state index in [1.165, 1.54) is 0 Å². The Bertz CT molecular complexity index is 705. The van der Waals surface area contributed by atoms with Gasteiger partial charge < -0.3 is 9.55 Å². The monoisotopic (exact) mass is 270 g/mol. The fraction of sp³-hybridized carbons (Fsp3) is 0.357. The van der Waals surface area contributed by atoms with E-state index in [0.29, 0.717) is 0 Å². The minimum atomic E-state index is 0.270. The van der Waals surface area contributed by atoms with Crippen LogP contribution in [0.3, 0.4) is 0 Å². The molecule has 6 nitrogen and oxygen atoms in total. The van der Waals surface area contributed by atoms with Gasteiger partial charge in [-0.1, -0.05) is 0 Å². The first-order valence-corrected chi connectivity index (χ1v) is 6.69. The number of nitrogens with zero attached hydrogens (tertiary/aromatic N) is 4. The van der Waals surface area contributed by atoms with E-state index in [0.717, 1.165) is 35.0 Å². The Morgan fingerprint density at radius 3 is 2.80 bits per heavy atom. The van der Waals surface area contributed by atoms with E-state index in [1.54, 1.807) is 6.33 Å². The van der Waals surface area contributed by atoms with Crippen LogP contribution in [-0.2, 0) is 6.42 Å². The lowest BCUT2D eigenvalue weighted by Gasteiger charge is -2.14. The maximum atomic E-state index is 4.44. The Kier molecular flexibility index (Phi) is 3.14. The molecule has 1 atom stereocenters. The van der Waals surface area contributed by atoms with Gasteiger partial charge in [0.25, 0.3) is 0 Å². The minimum absolute atomic E-state index is 0.270. The number of hydrogen-bond acceptors (Lipinski definition) is 3. The van der Waals surface area contributed by atoms with Gasteiger partial charge in [-0.2, -0.15) is 5.10 Å². The lowest BCUT2D eigenvalue weighted by atomic mass is 10.1. The van der Waals surface area contributed by atoms with Crippen molar-refractivity contribution in [2.45, 2.75) is 33.2 Å². The third kappa shape index (κ3) is 2.24. The van der Waals surface area contributed by atoms with E-state index in [2.05, 4.69) is 42.7 Å². The number of aryl methyl sites for hydroxylation is 2. The Balaban J connectivity index is 1.88. The van der Waals surface area contributed by atoms with Crippen LogP contribution in [0.25, 0.3) is 11.5 Å². The van der Waals surface area contributed by atoms with Crippen LogP contribution in [0.1, 0.15) is 30.0 Å². The van der Waals surface area contributed by atoms with Crippen molar-refractivity contribution in [3.63, 3.8) is 0 Å². The van der Waals surface area contributed by atoms with E-state index in [9.17, 15) is 0 Å². The van der Waals surface area contributed by atoms with Crippen LogP contribution < -0.4 is 0 Å². The lowest BCUT2D eigenvalue weighted by molar-refractivity contribution is 0.542. The Hall–Kier alpha value is -2.37. The average Bonchev–Trinajstić information content (AvgIpc) is 3.10. The van der Waals surface area contributed by atoms with Crippen molar-refractivity contribution in [1.82, 2.24) is 29.7 Å². The molecule has 1 unspecified atom stereocenters. The van der Waals surface area contributed by atoms with Gasteiger partial charge in [0.2, 0.25) is 0 Å². The molecule has 2 N–H and O–H groups in total. The maximum Gasteiger partial charge on any atom is 0.160 e. The molecule has 0 saturated heterocycles. The highest BCUT2D eigenvalue weighted by Gasteiger charge is 2.16. The number of rotatable bonds is 4. The first-order valence-electron chi connectivity index (χ1n) is 6.69. The summed E-state index contributed by atoms with van der Waals surface area (Å²) < 4.78 is 2.15. The summed E-state index contributed by atoms with van der Waals surface area (Å²) in [5, 5.41) is 7.27. The van der Waals surface area contributed by atoms with Crippen LogP contribution in [0.2, 0.25) is 0 Å². The van der Waals surface area contributed by atoms with Gasteiger partial charge in [0, 0.05) is 36.2 Å². The fourth-order valence-corrected chi connectivity index (χ4v) is 2.42. The number of hydrogen-bond donors (Lipinski definition) is 2. The second-order valence-electron chi connectivity index (χ2n) is 5.13. The molecule has 0 bridgehead atoms. The smallest absolute Gasteiger partial charge is 0.160 e. The summed E-state index contributed by atoms with van der Waals surface area (Å²) >= 11 is 0. The summed E-state index contributed by atoms with van der Waals surface area (Å²) in [5.74, 6) is 0.892. The molecule has 0 amide bonds. The van der Waals surface area contributed by atoms with Crippen molar-refractivity contribution < 1.29 is 0 Å². The van der Waals surface area contributed by atoms with Crippen LogP contribution >= 0.6 is 0 Å². The molecular formula is C14H18N6. The van der Waals surface area contributed by atoms with E-state index in [-0.39, 0.29) is 6.04 Å². The zero-order valence-electron chi connectivity index (χ0n) is 11.9.